The zero-order valence-corrected chi connectivity index (χ0v) is 9.52. The molecule has 0 aromatic heterocycles. The highest BCUT2D eigenvalue weighted by atomic mass is 79.9. The number of ketones is 1. The van der Waals surface area contributed by atoms with Crippen LogP contribution in [0, 0.1) is 6.92 Å². The number of carbonyl (C=O) groups is 1. The first-order valence-corrected chi connectivity index (χ1v) is 5.39. The largest absolute Gasteiger partial charge is 0.300 e. The molecule has 0 saturated heterocycles. The molecule has 0 bridgehead atoms. The second-order valence-corrected chi connectivity index (χ2v) is 3.90. The van der Waals surface area contributed by atoms with E-state index in [1.165, 1.54) is 11.1 Å². The van der Waals surface area contributed by atoms with Crippen molar-refractivity contribution in [3.8, 4) is 0 Å². The highest BCUT2D eigenvalue weighted by molar-refractivity contribution is 9.08. The lowest BCUT2D eigenvalue weighted by atomic mass is 10.0. The fourth-order valence-corrected chi connectivity index (χ4v) is 1.74. The molecule has 0 fully saturated rings. The van der Waals surface area contributed by atoms with Crippen molar-refractivity contribution in [1.29, 1.82) is 0 Å². The van der Waals surface area contributed by atoms with Gasteiger partial charge in [-0.2, -0.15) is 0 Å². The van der Waals surface area contributed by atoms with E-state index in [0.29, 0.717) is 6.42 Å². The number of hydrogen-bond donors (Lipinski definition) is 0. The van der Waals surface area contributed by atoms with Gasteiger partial charge in [0.05, 0.1) is 0 Å². The summed E-state index contributed by atoms with van der Waals surface area (Å²) in [5.41, 5.74) is 3.56. The van der Waals surface area contributed by atoms with Gasteiger partial charge in [-0.25, -0.2) is 0 Å². The normalized spacial score (nSPS) is 10.1. The van der Waals surface area contributed by atoms with Crippen LogP contribution in [0.1, 0.15) is 23.6 Å². The van der Waals surface area contributed by atoms with Crippen molar-refractivity contribution in [3.05, 3.63) is 34.9 Å². The molecule has 1 rings (SSSR count). The molecule has 0 aliphatic rings. The van der Waals surface area contributed by atoms with Crippen LogP contribution in [0.15, 0.2) is 18.2 Å². The van der Waals surface area contributed by atoms with Crippen LogP contribution >= 0.6 is 15.9 Å². The molecule has 2 heteroatoms. The number of benzene rings is 1. The predicted octanol–water partition coefficient (Wildman–Crippen LogP) is 3.02. The fraction of sp³-hybridized carbons (Fsp3) is 0.364. The van der Waals surface area contributed by atoms with Gasteiger partial charge < -0.3 is 0 Å². The second kappa shape index (κ2) is 4.56. The molecule has 0 saturated carbocycles. The molecule has 1 aromatic rings. The van der Waals surface area contributed by atoms with Crippen LogP contribution in [0.2, 0.25) is 0 Å². The molecule has 0 amide bonds. The summed E-state index contributed by atoms with van der Waals surface area (Å²) in [5, 5.41) is 0.847. The van der Waals surface area contributed by atoms with Crippen molar-refractivity contribution >= 4 is 21.7 Å². The van der Waals surface area contributed by atoms with E-state index < -0.39 is 0 Å². The van der Waals surface area contributed by atoms with E-state index in [1.54, 1.807) is 6.92 Å². The summed E-state index contributed by atoms with van der Waals surface area (Å²) in [4.78, 5) is 10.9. The fourth-order valence-electron chi connectivity index (χ4n) is 1.41. The quantitative estimate of drug-likeness (QED) is 0.743. The number of halogens is 1. The van der Waals surface area contributed by atoms with E-state index in [0.717, 1.165) is 10.9 Å². The first-order valence-electron chi connectivity index (χ1n) is 4.26. The average molecular weight is 241 g/mol. The molecular formula is C11H13BrO. The third kappa shape index (κ3) is 3.31. The monoisotopic (exact) mass is 240 g/mol. The van der Waals surface area contributed by atoms with Crippen LogP contribution < -0.4 is 0 Å². The summed E-state index contributed by atoms with van der Waals surface area (Å²) in [6.07, 6.45) is 0.543. The van der Waals surface area contributed by atoms with Crippen LogP contribution in [0.4, 0.5) is 0 Å². The molecule has 0 spiro atoms. The SMILES string of the molecule is CC(=O)Cc1cc(C)cc(CBr)c1. The minimum Gasteiger partial charge on any atom is -0.300 e. The molecule has 1 nitrogen and oxygen atoms in total. The van der Waals surface area contributed by atoms with Crippen LogP contribution in [-0.4, -0.2) is 5.78 Å². The molecule has 0 atom stereocenters. The smallest absolute Gasteiger partial charge is 0.134 e. The Hall–Kier alpha value is -0.630. The highest BCUT2D eigenvalue weighted by Gasteiger charge is 2.00. The first kappa shape index (κ1) is 10.5. The summed E-state index contributed by atoms with van der Waals surface area (Å²) < 4.78 is 0. The number of alkyl halides is 1. The van der Waals surface area contributed by atoms with Crippen molar-refractivity contribution < 1.29 is 4.79 Å². The molecule has 70 valence electrons. The lowest BCUT2D eigenvalue weighted by Gasteiger charge is -2.03. The van der Waals surface area contributed by atoms with Gasteiger partial charge in [-0.1, -0.05) is 39.7 Å². The third-order valence-electron chi connectivity index (χ3n) is 1.80. The van der Waals surface area contributed by atoms with Gasteiger partial charge in [0, 0.05) is 11.8 Å². The molecular weight excluding hydrogens is 228 g/mol. The summed E-state index contributed by atoms with van der Waals surface area (Å²) in [7, 11) is 0. The summed E-state index contributed by atoms with van der Waals surface area (Å²) in [6, 6.07) is 6.26. The van der Waals surface area contributed by atoms with E-state index in [4.69, 9.17) is 0 Å². The predicted molar refractivity (Wildman–Crippen MR) is 58.2 cm³/mol. The zero-order valence-electron chi connectivity index (χ0n) is 7.93. The Balaban J connectivity index is 2.94. The molecule has 13 heavy (non-hydrogen) atoms. The van der Waals surface area contributed by atoms with Crippen LogP contribution in [0.25, 0.3) is 0 Å². The summed E-state index contributed by atoms with van der Waals surface area (Å²) >= 11 is 3.41. The number of hydrogen-bond acceptors (Lipinski definition) is 1. The number of Topliss-reactive ketones (excluding diaryl/α,β-unsaturated/α-hetero) is 1. The lowest BCUT2D eigenvalue weighted by Crippen LogP contribution is -1.97. The van der Waals surface area contributed by atoms with E-state index in [9.17, 15) is 4.79 Å². The van der Waals surface area contributed by atoms with E-state index in [2.05, 4.69) is 41.1 Å². The Morgan fingerprint density at radius 3 is 2.46 bits per heavy atom. The van der Waals surface area contributed by atoms with Crippen molar-refractivity contribution in [2.24, 2.45) is 0 Å². The third-order valence-corrected chi connectivity index (χ3v) is 2.45. The molecule has 0 aliphatic heterocycles. The Bertz CT molecular complexity index is 318. The van der Waals surface area contributed by atoms with E-state index in [-0.39, 0.29) is 5.78 Å². The highest BCUT2D eigenvalue weighted by Crippen LogP contribution is 2.13. The standard InChI is InChI=1S/C11H13BrO/c1-8-3-10(5-9(2)13)6-11(4-8)7-12/h3-4,6H,5,7H2,1-2H3. The van der Waals surface area contributed by atoms with Gasteiger partial charge in [-0.05, 0) is 25.0 Å². The van der Waals surface area contributed by atoms with Crippen LogP contribution in [-0.2, 0) is 16.5 Å². The number of aryl methyl sites for hydroxylation is 1. The van der Waals surface area contributed by atoms with Gasteiger partial charge in [0.1, 0.15) is 5.78 Å². The molecule has 0 unspecified atom stereocenters. The van der Waals surface area contributed by atoms with Gasteiger partial charge in [0.25, 0.3) is 0 Å². The van der Waals surface area contributed by atoms with Crippen molar-refractivity contribution in [1.82, 2.24) is 0 Å². The maximum atomic E-state index is 10.9. The Morgan fingerprint density at radius 2 is 1.92 bits per heavy atom. The topological polar surface area (TPSA) is 17.1 Å². The van der Waals surface area contributed by atoms with Gasteiger partial charge in [-0.15, -0.1) is 0 Å². The number of carbonyl (C=O) groups excluding carboxylic acids is 1. The van der Waals surface area contributed by atoms with Crippen molar-refractivity contribution in [3.63, 3.8) is 0 Å². The Morgan fingerprint density at radius 1 is 1.31 bits per heavy atom. The van der Waals surface area contributed by atoms with Crippen LogP contribution in [0.5, 0.6) is 0 Å². The van der Waals surface area contributed by atoms with E-state index in [1.807, 2.05) is 0 Å². The average Bonchev–Trinajstić information content (AvgIpc) is 2.01. The Labute approximate surface area is 87.3 Å². The van der Waals surface area contributed by atoms with Gasteiger partial charge >= 0.3 is 0 Å². The molecule has 0 heterocycles. The maximum absolute atomic E-state index is 10.9. The molecule has 0 radical (unpaired) electrons. The zero-order chi connectivity index (χ0) is 9.84. The van der Waals surface area contributed by atoms with Crippen LogP contribution in [0.3, 0.4) is 0 Å². The van der Waals surface area contributed by atoms with Crippen molar-refractivity contribution in [2.75, 3.05) is 0 Å². The Kier molecular flexibility index (Phi) is 3.67. The molecule has 0 aliphatic carbocycles. The van der Waals surface area contributed by atoms with Gasteiger partial charge in [0.15, 0.2) is 0 Å². The summed E-state index contributed by atoms with van der Waals surface area (Å²) in [5.74, 6) is 0.214. The lowest BCUT2D eigenvalue weighted by molar-refractivity contribution is -0.116. The van der Waals surface area contributed by atoms with E-state index >= 15 is 0 Å². The second-order valence-electron chi connectivity index (χ2n) is 3.34. The van der Waals surface area contributed by atoms with Gasteiger partial charge in [-0.3, -0.25) is 4.79 Å². The molecule has 0 N–H and O–H groups in total. The molecule has 1 aromatic carbocycles. The minimum atomic E-state index is 0.214. The summed E-state index contributed by atoms with van der Waals surface area (Å²) in [6.45, 7) is 3.67. The van der Waals surface area contributed by atoms with Gasteiger partial charge in [0.2, 0.25) is 0 Å². The number of rotatable bonds is 3. The first-order chi connectivity index (χ1) is 6.11. The maximum Gasteiger partial charge on any atom is 0.134 e. The minimum absolute atomic E-state index is 0.214. The van der Waals surface area contributed by atoms with Crippen molar-refractivity contribution in [2.45, 2.75) is 25.6 Å².